The summed E-state index contributed by atoms with van der Waals surface area (Å²) in [6.07, 6.45) is 1.15. The van der Waals surface area contributed by atoms with Gasteiger partial charge in [-0.3, -0.25) is 14.9 Å². The fourth-order valence-corrected chi connectivity index (χ4v) is 2.66. The Morgan fingerprint density at radius 2 is 2.30 bits per heavy atom. The van der Waals surface area contributed by atoms with E-state index < -0.39 is 11.6 Å². The van der Waals surface area contributed by atoms with Crippen molar-refractivity contribution >= 4 is 17.8 Å². The second-order valence-corrected chi connectivity index (χ2v) is 5.15. The van der Waals surface area contributed by atoms with Crippen LogP contribution in [0.25, 0.3) is 0 Å². The van der Waals surface area contributed by atoms with E-state index in [9.17, 15) is 14.4 Å². The van der Waals surface area contributed by atoms with Crippen LogP contribution in [0.3, 0.4) is 0 Å². The Bertz CT molecular complexity index is 596. The molecule has 20 heavy (non-hydrogen) atoms. The van der Waals surface area contributed by atoms with E-state index in [1.165, 1.54) is 4.90 Å². The summed E-state index contributed by atoms with van der Waals surface area (Å²) in [5, 5.41) is 8.52. The van der Waals surface area contributed by atoms with E-state index in [2.05, 4.69) is 15.8 Å². The van der Waals surface area contributed by atoms with Crippen LogP contribution in [0.4, 0.5) is 4.79 Å². The van der Waals surface area contributed by atoms with E-state index in [0.717, 1.165) is 0 Å². The van der Waals surface area contributed by atoms with Crippen LogP contribution in [-0.4, -0.2) is 46.5 Å². The molecule has 2 aliphatic heterocycles. The number of imide groups is 1. The summed E-state index contributed by atoms with van der Waals surface area (Å²) in [4.78, 5) is 37.0. The van der Waals surface area contributed by atoms with Gasteiger partial charge in [-0.25, -0.2) is 4.79 Å². The maximum absolute atomic E-state index is 12.3. The Kier molecular flexibility index (Phi) is 2.73. The summed E-state index contributed by atoms with van der Waals surface area (Å²) in [6.45, 7) is 2.38. The molecule has 0 aliphatic carbocycles. The largest absolute Gasteiger partial charge is 0.351 e. The molecule has 0 saturated carbocycles. The molecule has 1 aromatic heterocycles. The average molecular weight is 278 g/mol. The Labute approximate surface area is 114 Å². The number of hydrogen-bond donors (Lipinski definition) is 2. The molecule has 8 heteroatoms. The normalized spacial score (nSPS) is 25.8. The number of carbonyl (C=O) groups excluding carboxylic acids is 3. The molecule has 2 aliphatic rings. The van der Waals surface area contributed by atoms with Gasteiger partial charge in [0, 0.05) is 12.6 Å². The Morgan fingerprint density at radius 3 is 2.90 bits per heavy atom. The number of hydrogen-bond acceptors (Lipinski definition) is 5. The van der Waals surface area contributed by atoms with Crippen molar-refractivity contribution in [3.8, 4) is 0 Å². The van der Waals surface area contributed by atoms with Crippen molar-refractivity contribution < 1.29 is 18.9 Å². The summed E-state index contributed by atoms with van der Waals surface area (Å²) in [6, 6.07) is 1.04. The van der Waals surface area contributed by atoms with Gasteiger partial charge in [0.1, 0.15) is 5.54 Å². The second-order valence-electron chi connectivity index (χ2n) is 5.15. The van der Waals surface area contributed by atoms with Gasteiger partial charge in [-0.05, 0) is 19.8 Å². The fraction of sp³-hybridized carbons (Fsp3) is 0.500. The molecule has 2 N–H and O–H groups in total. The zero-order valence-corrected chi connectivity index (χ0v) is 10.9. The SMILES string of the molecule is Cc1cc(C(=O)N2CCCC3(C2)NC(=O)NC3=O)on1. The molecule has 0 radical (unpaired) electrons. The maximum Gasteiger partial charge on any atom is 0.322 e. The molecular formula is C12H14N4O4. The lowest BCUT2D eigenvalue weighted by molar-refractivity contribution is -0.125. The Morgan fingerprint density at radius 1 is 1.50 bits per heavy atom. The van der Waals surface area contributed by atoms with Crippen LogP contribution in [0.1, 0.15) is 29.1 Å². The van der Waals surface area contributed by atoms with Gasteiger partial charge in [0.05, 0.1) is 12.2 Å². The molecule has 0 aromatic carbocycles. The van der Waals surface area contributed by atoms with E-state index in [1.807, 2.05) is 0 Å². The van der Waals surface area contributed by atoms with Gasteiger partial charge in [0.15, 0.2) is 0 Å². The fourth-order valence-electron chi connectivity index (χ4n) is 2.66. The van der Waals surface area contributed by atoms with Crippen LogP contribution in [0, 0.1) is 6.92 Å². The Balaban J connectivity index is 1.80. The summed E-state index contributed by atoms with van der Waals surface area (Å²) in [5.74, 6) is -0.559. The zero-order chi connectivity index (χ0) is 14.3. The molecule has 106 valence electrons. The summed E-state index contributed by atoms with van der Waals surface area (Å²) in [5.41, 5.74) is -0.396. The van der Waals surface area contributed by atoms with E-state index in [4.69, 9.17) is 4.52 Å². The first-order valence-corrected chi connectivity index (χ1v) is 6.36. The third kappa shape index (κ3) is 1.93. The van der Waals surface area contributed by atoms with Crippen molar-refractivity contribution in [2.75, 3.05) is 13.1 Å². The van der Waals surface area contributed by atoms with Crippen molar-refractivity contribution in [2.24, 2.45) is 0 Å². The van der Waals surface area contributed by atoms with Gasteiger partial charge < -0.3 is 14.7 Å². The van der Waals surface area contributed by atoms with Crippen LogP contribution >= 0.6 is 0 Å². The molecule has 8 nitrogen and oxygen atoms in total. The number of likely N-dealkylation sites (tertiary alicyclic amines) is 1. The summed E-state index contributed by atoms with van der Waals surface area (Å²) >= 11 is 0. The summed E-state index contributed by atoms with van der Waals surface area (Å²) < 4.78 is 4.95. The third-order valence-electron chi connectivity index (χ3n) is 3.63. The standard InChI is InChI=1S/C12H14N4O4/c1-7-5-8(20-15-7)9(17)16-4-2-3-12(6-16)10(18)13-11(19)14-12/h5H,2-4,6H2,1H3,(H2,13,14,18,19). The smallest absolute Gasteiger partial charge is 0.322 e. The molecule has 4 amide bonds. The van der Waals surface area contributed by atoms with Crippen molar-refractivity contribution in [3.63, 3.8) is 0 Å². The van der Waals surface area contributed by atoms with Crippen LogP contribution in [-0.2, 0) is 4.79 Å². The number of nitrogens with zero attached hydrogens (tertiary/aromatic N) is 2. The molecule has 3 heterocycles. The van der Waals surface area contributed by atoms with E-state index in [-0.39, 0.29) is 24.1 Å². The van der Waals surface area contributed by atoms with Gasteiger partial charge in [0.2, 0.25) is 5.76 Å². The molecule has 1 spiro atoms. The molecular weight excluding hydrogens is 264 g/mol. The second kappa shape index (κ2) is 4.32. The van der Waals surface area contributed by atoms with Crippen LogP contribution in [0.5, 0.6) is 0 Å². The highest BCUT2D eigenvalue weighted by Crippen LogP contribution is 2.25. The first kappa shape index (κ1) is 12.6. The molecule has 3 rings (SSSR count). The van der Waals surface area contributed by atoms with Gasteiger partial charge in [-0.2, -0.15) is 0 Å². The number of rotatable bonds is 1. The molecule has 0 bridgehead atoms. The first-order valence-electron chi connectivity index (χ1n) is 6.36. The quantitative estimate of drug-likeness (QED) is 0.692. The van der Waals surface area contributed by atoms with Crippen LogP contribution in [0.15, 0.2) is 10.6 Å². The number of urea groups is 1. The topological polar surface area (TPSA) is 105 Å². The highest BCUT2D eigenvalue weighted by atomic mass is 16.5. The van der Waals surface area contributed by atoms with Crippen molar-refractivity contribution in [3.05, 3.63) is 17.5 Å². The van der Waals surface area contributed by atoms with Gasteiger partial charge in [-0.15, -0.1) is 0 Å². The van der Waals surface area contributed by atoms with Gasteiger partial charge in [0.25, 0.3) is 11.8 Å². The number of piperidine rings is 1. The van der Waals surface area contributed by atoms with E-state index >= 15 is 0 Å². The van der Waals surface area contributed by atoms with Crippen molar-refractivity contribution in [1.29, 1.82) is 0 Å². The van der Waals surface area contributed by atoms with Gasteiger partial charge >= 0.3 is 6.03 Å². The predicted molar refractivity (Wildman–Crippen MR) is 65.8 cm³/mol. The molecule has 2 saturated heterocycles. The highest BCUT2D eigenvalue weighted by Gasteiger charge is 2.49. The van der Waals surface area contributed by atoms with Crippen molar-refractivity contribution in [2.45, 2.75) is 25.3 Å². The predicted octanol–water partition coefficient (Wildman–Crippen LogP) is -0.203. The first-order chi connectivity index (χ1) is 9.50. The minimum absolute atomic E-state index is 0.142. The van der Waals surface area contributed by atoms with Crippen LogP contribution < -0.4 is 10.6 Å². The molecule has 1 unspecified atom stereocenters. The van der Waals surface area contributed by atoms with E-state index in [0.29, 0.717) is 25.1 Å². The lowest BCUT2D eigenvalue weighted by Gasteiger charge is -2.37. The maximum atomic E-state index is 12.3. The number of aryl methyl sites for hydroxylation is 1. The van der Waals surface area contributed by atoms with Gasteiger partial charge in [-0.1, -0.05) is 5.16 Å². The lowest BCUT2D eigenvalue weighted by atomic mass is 9.89. The van der Waals surface area contributed by atoms with Crippen LogP contribution in [0.2, 0.25) is 0 Å². The summed E-state index contributed by atoms with van der Waals surface area (Å²) in [7, 11) is 0. The molecule has 1 atom stereocenters. The van der Waals surface area contributed by atoms with E-state index in [1.54, 1.807) is 13.0 Å². The molecule has 1 aromatic rings. The average Bonchev–Trinajstić information content (AvgIpc) is 2.94. The lowest BCUT2D eigenvalue weighted by Crippen LogP contribution is -2.59. The number of carbonyl (C=O) groups is 3. The highest BCUT2D eigenvalue weighted by molar-refractivity contribution is 6.07. The number of amides is 4. The molecule has 2 fully saturated rings. The third-order valence-corrected chi connectivity index (χ3v) is 3.63. The zero-order valence-electron chi connectivity index (χ0n) is 10.9. The minimum Gasteiger partial charge on any atom is -0.351 e. The Hall–Kier alpha value is -2.38. The minimum atomic E-state index is -1.01. The van der Waals surface area contributed by atoms with Crippen molar-refractivity contribution in [1.82, 2.24) is 20.7 Å². The monoisotopic (exact) mass is 278 g/mol. The number of aromatic nitrogens is 1. The number of nitrogens with one attached hydrogen (secondary N) is 2.